The Hall–Kier alpha value is -4.20. The van der Waals surface area contributed by atoms with Crippen LogP contribution in [-0.4, -0.2) is 20.9 Å². The van der Waals surface area contributed by atoms with Crippen molar-refractivity contribution in [1.29, 1.82) is 0 Å². The first-order chi connectivity index (χ1) is 13.7. The van der Waals surface area contributed by atoms with Gasteiger partial charge in [0.2, 0.25) is 0 Å². The molecule has 0 fully saturated rings. The molecular formula is C20H15N5O3. The summed E-state index contributed by atoms with van der Waals surface area (Å²) >= 11 is 0. The van der Waals surface area contributed by atoms with Gasteiger partial charge in [0.1, 0.15) is 11.4 Å². The Morgan fingerprint density at radius 1 is 1.07 bits per heavy atom. The van der Waals surface area contributed by atoms with Crippen LogP contribution in [0.1, 0.15) is 5.56 Å². The molecule has 1 N–H and O–H groups in total. The largest absolute Gasteiger partial charge is 0.463 e. The van der Waals surface area contributed by atoms with Gasteiger partial charge in [0.25, 0.3) is 5.69 Å². The van der Waals surface area contributed by atoms with E-state index in [1.807, 2.05) is 42.6 Å². The van der Waals surface area contributed by atoms with Crippen LogP contribution in [0.3, 0.4) is 0 Å². The molecule has 0 aliphatic carbocycles. The van der Waals surface area contributed by atoms with Gasteiger partial charge < -0.3 is 4.42 Å². The summed E-state index contributed by atoms with van der Waals surface area (Å²) in [5, 5.41) is 19.9. The zero-order chi connectivity index (χ0) is 19.3. The molecule has 0 saturated carbocycles. The maximum Gasteiger partial charge on any atom is 0.294 e. The van der Waals surface area contributed by atoms with Crippen molar-refractivity contribution in [2.45, 2.75) is 0 Å². The highest BCUT2D eigenvalue weighted by Gasteiger charge is 2.14. The predicted octanol–water partition coefficient (Wildman–Crippen LogP) is 4.49. The molecule has 138 valence electrons. The number of furan rings is 1. The van der Waals surface area contributed by atoms with Crippen LogP contribution in [0.15, 0.2) is 88.7 Å². The van der Waals surface area contributed by atoms with E-state index in [1.54, 1.807) is 41.4 Å². The molecule has 4 aromatic rings. The van der Waals surface area contributed by atoms with E-state index in [-0.39, 0.29) is 5.69 Å². The lowest BCUT2D eigenvalue weighted by Gasteiger charge is -2.00. The zero-order valence-corrected chi connectivity index (χ0v) is 14.6. The van der Waals surface area contributed by atoms with Crippen molar-refractivity contribution < 1.29 is 9.34 Å². The number of hydrazone groups is 1. The van der Waals surface area contributed by atoms with Gasteiger partial charge in [-0.1, -0.05) is 30.3 Å². The summed E-state index contributed by atoms with van der Waals surface area (Å²) in [5.74, 6) is 0.599. The van der Waals surface area contributed by atoms with Gasteiger partial charge in [-0.3, -0.25) is 15.5 Å². The Bertz CT molecular complexity index is 1120. The summed E-state index contributed by atoms with van der Waals surface area (Å²) in [4.78, 5) is 10.7. The molecule has 0 aliphatic rings. The molecule has 0 spiro atoms. The molecule has 0 aliphatic heterocycles. The summed E-state index contributed by atoms with van der Waals surface area (Å²) in [6.45, 7) is 0. The second kappa shape index (κ2) is 7.58. The van der Waals surface area contributed by atoms with Crippen molar-refractivity contribution in [3.8, 4) is 17.1 Å². The Morgan fingerprint density at radius 2 is 1.86 bits per heavy atom. The fourth-order valence-electron chi connectivity index (χ4n) is 2.70. The molecule has 2 heterocycles. The first-order valence-electron chi connectivity index (χ1n) is 8.44. The van der Waals surface area contributed by atoms with E-state index in [9.17, 15) is 10.1 Å². The topological polar surface area (TPSA) is 98.5 Å². The standard InChI is InChI=1S/C20H15N5O3/c26-25(27)18-10-5-4-9-17(18)22-21-13-15-14-24(16-7-2-1-3-8-16)23-20(15)19-11-6-12-28-19/h1-14,22H/b21-13-. The van der Waals surface area contributed by atoms with Crippen LogP contribution in [0, 0.1) is 10.1 Å². The average molecular weight is 373 g/mol. The molecule has 2 aromatic heterocycles. The molecule has 2 aromatic carbocycles. The lowest BCUT2D eigenvalue weighted by molar-refractivity contribution is -0.384. The number of nitrogens with one attached hydrogen (secondary N) is 1. The molecule has 0 saturated heterocycles. The van der Waals surface area contributed by atoms with E-state index >= 15 is 0 Å². The number of nitro benzene ring substituents is 1. The number of hydrogen-bond donors (Lipinski definition) is 1. The molecule has 8 heteroatoms. The molecule has 4 rings (SSSR count). The normalized spacial score (nSPS) is 11.0. The molecule has 0 bridgehead atoms. The second-order valence-electron chi connectivity index (χ2n) is 5.83. The molecular weight excluding hydrogens is 358 g/mol. The van der Waals surface area contributed by atoms with E-state index in [4.69, 9.17) is 4.42 Å². The first kappa shape index (κ1) is 17.2. The monoisotopic (exact) mass is 373 g/mol. The van der Waals surface area contributed by atoms with Crippen LogP contribution in [0.2, 0.25) is 0 Å². The lowest BCUT2D eigenvalue weighted by atomic mass is 10.2. The van der Waals surface area contributed by atoms with Crippen LogP contribution < -0.4 is 5.43 Å². The fraction of sp³-hybridized carbons (Fsp3) is 0. The SMILES string of the molecule is O=[N+]([O-])c1ccccc1N/N=C\c1cn(-c2ccccc2)nc1-c1ccco1. The summed E-state index contributed by atoms with van der Waals surface area (Å²) in [6, 6.07) is 19.6. The third-order valence-corrected chi connectivity index (χ3v) is 4.01. The number of nitrogens with zero attached hydrogens (tertiary/aromatic N) is 4. The molecule has 0 unspecified atom stereocenters. The van der Waals surface area contributed by atoms with Crippen molar-refractivity contribution in [3.63, 3.8) is 0 Å². The van der Waals surface area contributed by atoms with Gasteiger partial charge in [-0.2, -0.15) is 10.2 Å². The summed E-state index contributed by atoms with van der Waals surface area (Å²) in [7, 11) is 0. The number of para-hydroxylation sites is 3. The van der Waals surface area contributed by atoms with Gasteiger partial charge in [-0.15, -0.1) is 0 Å². The van der Waals surface area contributed by atoms with Crippen molar-refractivity contribution >= 4 is 17.6 Å². The molecule has 0 amide bonds. The van der Waals surface area contributed by atoms with E-state index in [2.05, 4.69) is 15.6 Å². The number of rotatable bonds is 6. The minimum Gasteiger partial charge on any atom is -0.463 e. The Labute approximate surface area is 159 Å². The van der Waals surface area contributed by atoms with E-state index in [0.717, 1.165) is 5.69 Å². The average Bonchev–Trinajstić information content (AvgIpc) is 3.39. The van der Waals surface area contributed by atoms with Gasteiger partial charge in [0.05, 0.1) is 23.1 Å². The minimum absolute atomic E-state index is 0.0501. The van der Waals surface area contributed by atoms with Gasteiger partial charge in [0.15, 0.2) is 5.76 Å². The highest BCUT2D eigenvalue weighted by Crippen LogP contribution is 2.25. The highest BCUT2D eigenvalue weighted by atomic mass is 16.6. The van der Waals surface area contributed by atoms with Gasteiger partial charge in [-0.05, 0) is 30.3 Å². The molecule has 28 heavy (non-hydrogen) atoms. The van der Waals surface area contributed by atoms with Crippen LogP contribution in [-0.2, 0) is 0 Å². The molecule has 0 radical (unpaired) electrons. The molecule has 8 nitrogen and oxygen atoms in total. The lowest BCUT2D eigenvalue weighted by Crippen LogP contribution is -1.96. The third kappa shape index (κ3) is 3.51. The number of hydrogen-bond acceptors (Lipinski definition) is 6. The smallest absolute Gasteiger partial charge is 0.294 e. The maximum atomic E-state index is 11.1. The van der Waals surface area contributed by atoms with E-state index < -0.39 is 4.92 Å². The number of aromatic nitrogens is 2. The van der Waals surface area contributed by atoms with Crippen LogP contribution in [0.5, 0.6) is 0 Å². The third-order valence-electron chi connectivity index (χ3n) is 4.01. The Morgan fingerprint density at radius 3 is 2.61 bits per heavy atom. The number of benzene rings is 2. The first-order valence-corrected chi connectivity index (χ1v) is 8.44. The van der Waals surface area contributed by atoms with Crippen molar-refractivity contribution in [2.24, 2.45) is 5.10 Å². The van der Waals surface area contributed by atoms with E-state index in [0.29, 0.717) is 22.7 Å². The number of anilines is 1. The maximum absolute atomic E-state index is 11.1. The van der Waals surface area contributed by atoms with Crippen LogP contribution in [0.4, 0.5) is 11.4 Å². The van der Waals surface area contributed by atoms with Crippen molar-refractivity contribution in [3.05, 3.63) is 94.9 Å². The Balaban J connectivity index is 1.66. The minimum atomic E-state index is -0.459. The van der Waals surface area contributed by atoms with Gasteiger partial charge in [-0.25, -0.2) is 4.68 Å². The van der Waals surface area contributed by atoms with E-state index in [1.165, 1.54) is 6.07 Å². The van der Waals surface area contributed by atoms with Gasteiger partial charge in [0, 0.05) is 17.8 Å². The summed E-state index contributed by atoms with van der Waals surface area (Å²) < 4.78 is 7.20. The van der Waals surface area contributed by atoms with Crippen LogP contribution >= 0.6 is 0 Å². The van der Waals surface area contributed by atoms with Crippen LogP contribution in [0.25, 0.3) is 17.1 Å². The quantitative estimate of drug-likeness (QED) is 0.305. The van der Waals surface area contributed by atoms with Crippen molar-refractivity contribution in [1.82, 2.24) is 9.78 Å². The number of nitro groups is 1. The van der Waals surface area contributed by atoms with Crippen molar-refractivity contribution in [2.75, 3.05) is 5.43 Å². The zero-order valence-electron chi connectivity index (χ0n) is 14.6. The Kier molecular flexibility index (Phi) is 4.67. The fourth-order valence-corrected chi connectivity index (χ4v) is 2.70. The van der Waals surface area contributed by atoms with Gasteiger partial charge >= 0.3 is 0 Å². The molecule has 0 atom stereocenters. The second-order valence-corrected chi connectivity index (χ2v) is 5.83. The predicted molar refractivity (Wildman–Crippen MR) is 106 cm³/mol. The summed E-state index contributed by atoms with van der Waals surface area (Å²) in [6.07, 6.45) is 4.95. The summed E-state index contributed by atoms with van der Waals surface area (Å²) in [5.41, 5.74) is 5.18. The highest BCUT2D eigenvalue weighted by molar-refractivity contribution is 5.88.